The molecule has 0 spiro atoms. The van der Waals surface area contributed by atoms with Gasteiger partial charge in [-0.15, -0.1) is 0 Å². The summed E-state index contributed by atoms with van der Waals surface area (Å²) in [5, 5.41) is 46.8. The zero-order valence-electron chi connectivity index (χ0n) is 14.8. The van der Waals surface area contributed by atoms with Gasteiger partial charge in [0.1, 0.15) is 31.0 Å². The largest absolute Gasteiger partial charge is 0.459 e. The highest BCUT2D eigenvalue weighted by molar-refractivity contribution is 5.89. The monoisotopic (exact) mass is 356 g/mol. The van der Waals surface area contributed by atoms with Gasteiger partial charge in [0.05, 0.1) is 12.2 Å². The minimum atomic E-state index is -1.76. The first-order valence-electron chi connectivity index (χ1n) is 8.24. The van der Waals surface area contributed by atoms with E-state index in [1.165, 1.54) is 0 Å². The Kier molecular flexibility index (Phi) is 7.98. The maximum atomic E-state index is 12.0. The molecule has 0 radical (unpaired) electrons. The van der Waals surface area contributed by atoms with Crippen molar-refractivity contribution in [3.63, 3.8) is 0 Å². The highest BCUT2D eigenvalue weighted by Gasteiger charge is 2.30. The van der Waals surface area contributed by atoms with E-state index in [-0.39, 0.29) is 5.41 Å². The molecule has 1 aromatic rings. The highest BCUT2D eigenvalue weighted by Crippen LogP contribution is 2.26. The number of esters is 1. The number of rotatable bonds is 9. The Labute approximate surface area is 147 Å². The minimum Gasteiger partial charge on any atom is -0.459 e. The first kappa shape index (κ1) is 21.5. The summed E-state index contributed by atoms with van der Waals surface area (Å²) in [6, 6.07) is 6.93. The van der Waals surface area contributed by atoms with E-state index in [0.29, 0.717) is 5.56 Å². The van der Waals surface area contributed by atoms with Gasteiger partial charge in [-0.25, -0.2) is 4.79 Å². The van der Waals surface area contributed by atoms with Gasteiger partial charge in [-0.2, -0.15) is 0 Å². The lowest BCUT2D eigenvalue weighted by Gasteiger charge is -2.25. The summed E-state index contributed by atoms with van der Waals surface area (Å²) in [6.45, 7) is 4.95. The van der Waals surface area contributed by atoms with Crippen molar-refractivity contribution in [3.8, 4) is 0 Å². The Hall–Kier alpha value is -1.51. The average molecular weight is 356 g/mol. The van der Waals surface area contributed by atoms with E-state index in [1.807, 2.05) is 12.1 Å². The number of hydrogen-bond donors (Lipinski definition) is 5. The van der Waals surface area contributed by atoms with E-state index < -0.39 is 43.6 Å². The maximum Gasteiger partial charge on any atom is 0.338 e. The fraction of sp³-hybridized carbons (Fsp3) is 0.611. The molecule has 1 aromatic carbocycles. The first-order chi connectivity index (χ1) is 11.6. The molecule has 0 aromatic heterocycles. The minimum absolute atomic E-state index is 0.00752. The fourth-order valence-electron chi connectivity index (χ4n) is 2.17. The van der Waals surface area contributed by atoms with E-state index >= 15 is 0 Å². The molecule has 0 aliphatic rings. The molecular weight excluding hydrogens is 328 g/mol. The lowest BCUT2D eigenvalue weighted by molar-refractivity contribution is -0.124. The number of ether oxygens (including phenoxy) is 1. The molecule has 7 heteroatoms. The van der Waals surface area contributed by atoms with Crippen molar-refractivity contribution in [3.05, 3.63) is 35.4 Å². The quantitative estimate of drug-likeness (QED) is 0.393. The van der Waals surface area contributed by atoms with Gasteiger partial charge in [-0.3, -0.25) is 0 Å². The smallest absolute Gasteiger partial charge is 0.338 e. The van der Waals surface area contributed by atoms with Crippen molar-refractivity contribution in [1.82, 2.24) is 0 Å². The van der Waals surface area contributed by atoms with Crippen molar-refractivity contribution >= 4 is 5.97 Å². The molecule has 5 N–H and O–H groups in total. The van der Waals surface area contributed by atoms with Crippen LogP contribution in [-0.4, -0.2) is 69.1 Å². The zero-order valence-corrected chi connectivity index (χ0v) is 14.8. The van der Waals surface area contributed by atoms with Gasteiger partial charge in [0.2, 0.25) is 0 Å². The molecule has 0 aliphatic heterocycles. The number of carbonyl (C=O) groups is 1. The number of benzene rings is 1. The van der Waals surface area contributed by atoms with Crippen LogP contribution >= 0.6 is 0 Å². The third-order valence-electron chi connectivity index (χ3n) is 4.50. The Morgan fingerprint density at radius 2 is 1.56 bits per heavy atom. The molecule has 0 fully saturated rings. The molecule has 0 bridgehead atoms. The van der Waals surface area contributed by atoms with Crippen LogP contribution in [0.3, 0.4) is 0 Å². The number of carbonyl (C=O) groups excluding carboxylic acids is 1. The van der Waals surface area contributed by atoms with Gasteiger partial charge in [0, 0.05) is 0 Å². The van der Waals surface area contributed by atoms with Crippen molar-refractivity contribution in [1.29, 1.82) is 0 Å². The first-order valence-corrected chi connectivity index (χ1v) is 8.24. The molecule has 0 saturated carbocycles. The third kappa shape index (κ3) is 5.76. The summed E-state index contributed by atoms with van der Waals surface area (Å²) in [5.41, 5.74) is 1.38. The summed E-state index contributed by atoms with van der Waals surface area (Å²) in [6.07, 6.45) is -5.77. The second-order valence-electron chi connectivity index (χ2n) is 6.71. The predicted octanol–water partition coefficient (Wildman–Crippen LogP) is -0.0331. The van der Waals surface area contributed by atoms with Crippen LogP contribution < -0.4 is 0 Å². The molecule has 0 aliphatic carbocycles. The van der Waals surface area contributed by atoms with Crippen LogP contribution in [-0.2, 0) is 10.2 Å². The number of aliphatic hydroxyl groups excluding tert-OH is 5. The molecule has 1 rings (SSSR count). The second-order valence-corrected chi connectivity index (χ2v) is 6.71. The molecule has 0 unspecified atom stereocenters. The van der Waals surface area contributed by atoms with Crippen LogP contribution in [0, 0.1) is 0 Å². The van der Waals surface area contributed by atoms with Gasteiger partial charge in [0.25, 0.3) is 0 Å². The summed E-state index contributed by atoms with van der Waals surface area (Å²) in [7, 11) is 0. The lowest BCUT2D eigenvalue weighted by Crippen LogP contribution is -2.47. The van der Waals surface area contributed by atoms with Crippen molar-refractivity contribution in [2.24, 2.45) is 0 Å². The summed E-state index contributed by atoms with van der Waals surface area (Å²) in [4.78, 5) is 12.0. The topological polar surface area (TPSA) is 127 Å². The molecule has 25 heavy (non-hydrogen) atoms. The van der Waals surface area contributed by atoms with Gasteiger partial charge in [0.15, 0.2) is 0 Å². The molecule has 7 nitrogen and oxygen atoms in total. The molecule has 0 saturated heterocycles. The van der Waals surface area contributed by atoms with Crippen LogP contribution in [0.2, 0.25) is 0 Å². The van der Waals surface area contributed by atoms with Crippen molar-refractivity contribution in [2.45, 2.75) is 57.0 Å². The van der Waals surface area contributed by atoms with Crippen LogP contribution in [0.25, 0.3) is 0 Å². The lowest BCUT2D eigenvalue weighted by atomic mass is 9.82. The average Bonchev–Trinajstić information content (AvgIpc) is 2.63. The normalized spacial score (nSPS) is 16.8. The number of aliphatic hydroxyl groups is 5. The van der Waals surface area contributed by atoms with Crippen LogP contribution in [0.1, 0.15) is 43.1 Å². The number of hydrogen-bond acceptors (Lipinski definition) is 7. The van der Waals surface area contributed by atoms with E-state index in [9.17, 15) is 25.2 Å². The van der Waals surface area contributed by atoms with Crippen LogP contribution in [0.15, 0.2) is 24.3 Å². The predicted molar refractivity (Wildman–Crippen MR) is 91.2 cm³/mol. The Bertz CT molecular complexity index is 541. The van der Waals surface area contributed by atoms with E-state index in [1.54, 1.807) is 12.1 Å². The Balaban J connectivity index is 2.62. The molecule has 0 heterocycles. The van der Waals surface area contributed by atoms with Gasteiger partial charge in [-0.05, 0) is 29.5 Å². The van der Waals surface area contributed by atoms with E-state index in [4.69, 9.17) is 9.84 Å². The second kappa shape index (κ2) is 9.26. The van der Waals surface area contributed by atoms with Gasteiger partial charge < -0.3 is 30.3 Å². The van der Waals surface area contributed by atoms with Crippen molar-refractivity contribution in [2.75, 3.05) is 13.2 Å². The van der Waals surface area contributed by atoms with Crippen molar-refractivity contribution < 1.29 is 35.1 Å². The summed E-state index contributed by atoms with van der Waals surface area (Å²) < 4.78 is 4.92. The SMILES string of the molecule is CCC(C)(C)c1ccc(C(=O)OC[C@@H](O)[C@@H](O)[C@H](O)[C@@H](O)CO)cc1. The molecule has 0 amide bonds. The summed E-state index contributed by atoms with van der Waals surface area (Å²) >= 11 is 0. The van der Waals surface area contributed by atoms with E-state index in [2.05, 4.69) is 20.8 Å². The van der Waals surface area contributed by atoms with E-state index in [0.717, 1.165) is 12.0 Å². The van der Waals surface area contributed by atoms with Crippen LogP contribution in [0.4, 0.5) is 0 Å². The van der Waals surface area contributed by atoms with Gasteiger partial charge in [-0.1, -0.05) is 32.9 Å². The zero-order chi connectivity index (χ0) is 19.2. The maximum absolute atomic E-state index is 12.0. The molecule has 4 atom stereocenters. The standard InChI is InChI=1S/C18H28O7/c1-4-18(2,3)12-7-5-11(6-8-12)17(24)25-10-14(21)16(23)15(22)13(20)9-19/h5-8,13-16,19-23H,4,9-10H2,1-3H3/t13-,14+,15+,16+/m0/s1. The Morgan fingerprint density at radius 1 is 1.04 bits per heavy atom. The summed E-state index contributed by atoms with van der Waals surface area (Å²) in [5.74, 6) is -0.677. The molecular formula is C18H28O7. The third-order valence-corrected chi connectivity index (χ3v) is 4.50. The highest BCUT2D eigenvalue weighted by atomic mass is 16.5. The van der Waals surface area contributed by atoms with Crippen LogP contribution in [0.5, 0.6) is 0 Å². The fourth-order valence-corrected chi connectivity index (χ4v) is 2.17. The Morgan fingerprint density at radius 3 is 2.04 bits per heavy atom. The van der Waals surface area contributed by atoms with Gasteiger partial charge >= 0.3 is 5.97 Å². The molecule has 142 valence electrons.